The second kappa shape index (κ2) is 8.97. The minimum atomic E-state index is 0.189. The van der Waals surface area contributed by atoms with Crippen molar-refractivity contribution in [2.45, 2.75) is 20.4 Å². The van der Waals surface area contributed by atoms with Crippen LogP contribution in [0.4, 0.5) is 5.69 Å². The van der Waals surface area contributed by atoms with Gasteiger partial charge in [0.1, 0.15) is 0 Å². The number of carbonyl (C=O) groups excluding carboxylic acids is 1. The van der Waals surface area contributed by atoms with Crippen molar-refractivity contribution in [2.24, 2.45) is 0 Å². The lowest BCUT2D eigenvalue weighted by Gasteiger charge is -2.35. The zero-order valence-corrected chi connectivity index (χ0v) is 15.9. The van der Waals surface area contributed by atoms with Gasteiger partial charge >= 0.3 is 0 Å². The molecule has 1 saturated heterocycles. The first kappa shape index (κ1) is 18.6. The van der Waals surface area contributed by atoms with E-state index in [1.807, 2.05) is 24.0 Å². The molecule has 0 N–H and O–H groups in total. The Labute approximate surface area is 157 Å². The van der Waals surface area contributed by atoms with E-state index in [0.717, 1.165) is 38.4 Å². The fraction of sp³-hybridized carbons (Fsp3) is 0.409. The number of hydrogen-bond acceptors (Lipinski definition) is 3. The van der Waals surface area contributed by atoms with Crippen LogP contribution in [0.1, 0.15) is 18.1 Å². The van der Waals surface area contributed by atoms with E-state index in [2.05, 4.69) is 59.2 Å². The number of nitrogens with zero attached hydrogens (tertiary/aromatic N) is 3. The fourth-order valence-corrected chi connectivity index (χ4v) is 3.52. The number of aryl methyl sites for hydroxylation is 1. The lowest BCUT2D eigenvalue weighted by atomic mass is 10.2. The van der Waals surface area contributed by atoms with Crippen LogP contribution in [0.25, 0.3) is 0 Å². The zero-order chi connectivity index (χ0) is 18.4. The Morgan fingerprint density at radius 3 is 2.31 bits per heavy atom. The first-order valence-electron chi connectivity index (χ1n) is 9.51. The van der Waals surface area contributed by atoms with E-state index >= 15 is 0 Å². The molecule has 0 radical (unpaired) electrons. The van der Waals surface area contributed by atoms with Gasteiger partial charge in [0, 0.05) is 45.0 Å². The van der Waals surface area contributed by atoms with Crippen molar-refractivity contribution >= 4 is 11.6 Å². The number of carbonyl (C=O) groups is 1. The summed E-state index contributed by atoms with van der Waals surface area (Å²) in [4.78, 5) is 19.4. The van der Waals surface area contributed by atoms with Crippen molar-refractivity contribution in [2.75, 3.05) is 44.2 Å². The smallest absolute Gasteiger partial charge is 0.241 e. The Hall–Kier alpha value is -2.17. The SMILES string of the molecule is CCN(C(=O)CN1CCN(Cc2ccccc2)CC1)c1cccc(C)c1. The van der Waals surface area contributed by atoms with E-state index < -0.39 is 0 Å². The Kier molecular flexibility index (Phi) is 6.42. The van der Waals surface area contributed by atoms with Gasteiger partial charge in [-0.1, -0.05) is 42.5 Å². The number of benzene rings is 2. The topological polar surface area (TPSA) is 26.8 Å². The maximum atomic E-state index is 12.8. The third-order valence-electron chi connectivity index (χ3n) is 5.00. The van der Waals surface area contributed by atoms with Gasteiger partial charge in [0.2, 0.25) is 5.91 Å². The summed E-state index contributed by atoms with van der Waals surface area (Å²) < 4.78 is 0. The molecule has 26 heavy (non-hydrogen) atoms. The van der Waals surface area contributed by atoms with Crippen molar-refractivity contribution in [3.05, 3.63) is 65.7 Å². The van der Waals surface area contributed by atoms with E-state index in [1.165, 1.54) is 11.1 Å². The molecule has 2 aromatic carbocycles. The van der Waals surface area contributed by atoms with Crippen LogP contribution in [0.15, 0.2) is 54.6 Å². The molecule has 4 heteroatoms. The van der Waals surface area contributed by atoms with Gasteiger partial charge in [-0.2, -0.15) is 0 Å². The number of piperazine rings is 1. The standard InChI is InChI=1S/C22H29N3O/c1-3-25(21-11-7-8-19(2)16-21)22(26)18-24-14-12-23(13-15-24)17-20-9-5-4-6-10-20/h4-11,16H,3,12-15,17-18H2,1-2H3. The lowest BCUT2D eigenvalue weighted by molar-refractivity contribution is -0.120. The largest absolute Gasteiger partial charge is 0.312 e. The van der Waals surface area contributed by atoms with Crippen LogP contribution in [0.5, 0.6) is 0 Å². The highest BCUT2D eigenvalue weighted by Crippen LogP contribution is 2.16. The molecule has 1 heterocycles. The zero-order valence-electron chi connectivity index (χ0n) is 15.9. The van der Waals surface area contributed by atoms with E-state index in [1.54, 1.807) is 0 Å². The summed E-state index contributed by atoms with van der Waals surface area (Å²) in [6, 6.07) is 18.8. The molecular formula is C22H29N3O. The van der Waals surface area contributed by atoms with Gasteiger partial charge in [0.25, 0.3) is 0 Å². The molecule has 0 spiro atoms. The molecule has 1 aliphatic heterocycles. The van der Waals surface area contributed by atoms with Gasteiger partial charge in [-0.25, -0.2) is 0 Å². The average molecular weight is 351 g/mol. The molecule has 3 rings (SSSR count). The molecule has 0 bridgehead atoms. The van der Waals surface area contributed by atoms with E-state index in [-0.39, 0.29) is 5.91 Å². The van der Waals surface area contributed by atoms with Crippen molar-refractivity contribution in [1.29, 1.82) is 0 Å². The molecule has 2 aromatic rings. The number of hydrogen-bond donors (Lipinski definition) is 0. The Bertz CT molecular complexity index is 708. The minimum absolute atomic E-state index is 0.189. The number of rotatable bonds is 6. The highest BCUT2D eigenvalue weighted by molar-refractivity contribution is 5.94. The summed E-state index contributed by atoms with van der Waals surface area (Å²) in [5, 5.41) is 0. The summed E-state index contributed by atoms with van der Waals surface area (Å²) >= 11 is 0. The molecule has 1 fully saturated rings. The van der Waals surface area contributed by atoms with Crippen molar-refractivity contribution < 1.29 is 4.79 Å². The molecular weight excluding hydrogens is 322 g/mol. The van der Waals surface area contributed by atoms with E-state index in [4.69, 9.17) is 0 Å². The molecule has 0 aliphatic carbocycles. The lowest BCUT2D eigenvalue weighted by Crippen LogP contribution is -2.49. The summed E-state index contributed by atoms with van der Waals surface area (Å²) in [5.74, 6) is 0.189. The third kappa shape index (κ3) is 4.93. The van der Waals surface area contributed by atoms with E-state index in [9.17, 15) is 4.79 Å². The van der Waals surface area contributed by atoms with Crippen LogP contribution in [0, 0.1) is 6.92 Å². The summed E-state index contributed by atoms with van der Waals surface area (Å²) in [7, 11) is 0. The van der Waals surface area contributed by atoms with Gasteiger partial charge in [-0.05, 0) is 37.1 Å². The molecule has 0 saturated carbocycles. The molecule has 1 aliphatic rings. The second-order valence-corrected chi connectivity index (χ2v) is 7.01. The fourth-order valence-electron chi connectivity index (χ4n) is 3.52. The normalized spacial score (nSPS) is 15.8. The highest BCUT2D eigenvalue weighted by atomic mass is 16.2. The number of amides is 1. The maximum absolute atomic E-state index is 12.8. The highest BCUT2D eigenvalue weighted by Gasteiger charge is 2.22. The number of likely N-dealkylation sites (N-methyl/N-ethyl adjacent to an activating group) is 1. The van der Waals surface area contributed by atoms with Gasteiger partial charge in [-0.3, -0.25) is 14.6 Å². The van der Waals surface area contributed by atoms with Crippen LogP contribution in [0.2, 0.25) is 0 Å². The molecule has 0 aromatic heterocycles. The van der Waals surface area contributed by atoms with Crippen LogP contribution in [0.3, 0.4) is 0 Å². The van der Waals surface area contributed by atoms with Gasteiger partial charge in [0.15, 0.2) is 0 Å². The quantitative estimate of drug-likeness (QED) is 0.800. The second-order valence-electron chi connectivity index (χ2n) is 7.01. The van der Waals surface area contributed by atoms with Gasteiger partial charge in [0.05, 0.1) is 6.54 Å². The predicted octanol–water partition coefficient (Wildman–Crippen LogP) is 3.17. The van der Waals surface area contributed by atoms with Crippen LogP contribution < -0.4 is 4.90 Å². The van der Waals surface area contributed by atoms with Gasteiger partial charge in [-0.15, -0.1) is 0 Å². The van der Waals surface area contributed by atoms with Crippen molar-refractivity contribution in [3.8, 4) is 0 Å². The molecule has 138 valence electrons. The molecule has 0 atom stereocenters. The number of anilines is 1. The Morgan fingerprint density at radius 1 is 0.962 bits per heavy atom. The van der Waals surface area contributed by atoms with Crippen molar-refractivity contribution in [3.63, 3.8) is 0 Å². The summed E-state index contributed by atoms with van der Waals surface area (Å²) in [6.45, 7) is 10.2. The first-order valence-corrected chi connectivity index (χ1v) is 9.51. The summed E-state index contributed by atoms with van der Waals surface area (Å²) in [5.41, 5.74) is 3.54. The van der Waals surface area contributed by atoms with E-state index in [0.29, 0.717) is 13.1 Å². The Morgan fingerprint density at radius 2 is 1.65 bits per heavy atom. The molecule has 0 unspecified atom stereocenters. The monoisotopic (exact) mass is 351 g/mol. The minimum Gasteiger partial charge on any atom is -0.312 e. The predicted molar refractivity (Wildman–Crippen MR) is 107 cm³/mol. The molecule has 1 amide bonds. The molecule has 4 nitrogen and oxygen atoms in total. The maximum Gasteiger partial charge on any atom is 0.241 e. The third-order valence-corrected chi connectivity index (χ3v) is 5.00. The van der Waals surface area contributed by atoms with Crippen LogP contribution in [-0.4, -0.2) is 55.0 Å². The van der Waals surface area contributed by atoms with Crippen molar-refractivity contribution in [1.82, 2.24) is 9.80 Å². The summed E-state index contributed by atoms with van der Waals surface area (Å²) in [6.07, 6.45) is 0. The Balaban J connectivity index is 1.51. The van der Waals surface area contributed by atoms with Gasteiger partial charge < -0.3 is 4.90 Å². The van der Waals surface area contributed by atoms with Crippen LogP contribution >= 0.6 is 0 Å². The van der Waals surface area contributed by atoms with Crippen LogP contribution in [-0.2, 0) is 11.3 Å². The average Bonchev–Trinajstić information content (AvgIpc) is 2.65. The first-order chi connectivity index (χ1) is 12.7.